The molecular formula is C22H25N5O3. The Morgan fingerprint density at radius 3 is 2.40 bits per heavy atom. The number of carbonyl (C=O) groups is 2. The molecule has 1 N–H and O–H groups in total. The van der Waals surface area contributed by atoms with E-state index in [-0.39, 0.29) is 11.9 Å². The third-order valence-corrected chi connectivity index (χ3v) is 5.38. The highest BCUT2D eigenvalue weighted by Crippen LogP contribution is 2.28. The highest BCUT2D eigenvalue weighted by Gasteiger charge is 2.27. The van der Waals surface area contributed by atoms with Crippen LogP contribution in [0.25, 0.3) is 22.4 Å². The summed E-state index contributed by atoms with van der Waals surface area (Å²) in [4.78, 5) is 33.5. The molecule has 0 saturated carbocycles. The van der Waals surface area contributed by atoms with Crippen LogP contribution in [0.15, 0.2) is 34.9 Å². The Hall–Kier alpha value is -3.42. The van der Waals surface area contributed by atoms with Crippen molar-refractivity contribution in [1.29, 1.82) is 0 Å². The van der Waals surface area contributed by atoms with Crippen LogP contribution in [0.2, 0.25) is 0 Å². The molecule has 8 heteroatoms. The van der Waals surface area contributed by atoms with E-state index in [9.17, 15) is 9.59 Å². The molecule has 1 saturated heterocycles. The molecule has 0 radical (unpaired) electrons. The highest BCUT2D eigenvalue weighted by atomic mass is 16.5. The summed E-state index contributed by atoms with van der Waals surface area (Å²) in [6, 6.07) is 9.70. The normalized spacial score (nSPS) is 14.2. The van der Waals surface area contributed by atoms with Gasteiger partial charge in [-0.2, -0.15) is 0 Å². The number of amides is 3. The summed E-state index contributed by atoms with van der Waals surface area (Å²) in [5, 5.41) is 7.46. The molecule has 3 amide bonds. The molecule has 0 bridgehead atoms. The summed E-state index contributed by atoms with van der Waals surface area (Å²) in [5.74, 6) is -0.0994. The zero-order valence-electron chi connectivity index (χ0n) is 17.4. The lowest BCUT2D eigenvalue weighted by atomic mass is 10.0. The molecule has 8 nitrogen and oxygen atoms in total. The van der Waals surface area contributed by atoms with E-state index < -0.39 is 0 Å². The van der Waals surface area contributed by atoms with Gasteiger partial charge in [0.25, 0.3) is 11.6 Å². The highest BCUT2D eigenvalue weighted by molar-refractivity contribution is 6.07. The number of benzene rings is 1. The summed E-state index contributed by atoms with van der Waals surface area (Å²) >= 11 is 0. The van der Waals surface area contributed by atoms with E-state index in [0.717, 1.165) is 11.1 Å². The summed E-state index contributed by atoms with van der Waals surface area (Å²) in [5.41, 5.74) is 4.25. The zero-order chi connectivity index (χ0) is 21.3. The monoisotopic (exact) mass is 407 g/mol. The van der Waals surface area contributed by atoms with Crippen molar-refractivity contribution in [2.75, 3.05) is 32.7 Å². The average molecular weight is 407 g/mol. The maximum Gasteiger partial charge on any atom is 0.317 e. The number of aromatic nitrogens is 2. The number of rotatable bonds is 3. The number of carbonyl (C=O) groups excluding carboxylic acids is 2. The molecule has 0 unspecified atom stereocenters. The van der Waals surface area contributed by atoms with Gasteiger partial charge in [-0.3, -0.25) is 4.79 Å². The van der Waals surface area contributed by atoms with Crippen LogP contribution in [0, 0.1) is 13.8 Å². The summed E-state index contributed by atoms with van der Waals surface area (Å²) < 4.78 is 5.40. The molecule has 1 fully saturated rings. The number of hydrogen-bond acceptors (Lipinski definition) is 5. The van der Waals surface area contributed by atoms with Crippen molar-refractivity contribution in [3.8, 4) is 11.3 Å². The summed E-state index contributed by atoms with van der Waals surface area (Å²) in [6.07, 6.45) is 0. The predicted octanol–water partition coefficient (Wildman–Crippen LogP) is 2.99. The molecule has 4 rings (SSSR count). The minimum atomic E-state index is -0.0994. The number of aryl methyl sites for hydroxylation is 2. The second-order valence-corrected chi connectivity index (χ2v) is 7.48. The third-order valence-electron chi connectivity index (χ3n) is 5.38. The molecule has 2 aromatic heterocycles. The van der Waals surface area contributed by atoms with Crippen molar-refractivity contribution >= 4 is 23.0 Å². The summed E-state index contributed by atoms with van der Waals surface area (Å²) in [6.45, 7) is 8.26. The molecule has 3 heterocycles. The van der Waals surface area contributed by atoms with Crippen LogP contribution in [0.3, 0.4) is 0 Å². The number of urea groups is 1. The van der Waals surface area contributed by atoms with Crippen LogP contribution in [-0.2, 0) is 0 Å². The van der Waals surface area contributed by atoms with Crippen molar-refractivity contribution in [2.24, 2.45) is 0 Å². The standard InChI is InChI=1S/C22H25N5O3/c1-4-23-22(29)27-11-9-26(10-12-27)21(28)17-13-18(16-7-5-14(2)6-8-16)24-20-19(17)15(3)25-30-20/h5-8,13H,4,9-12H2,1-3H3,(H,23,29). The Balaban J connectivity index is 1.64. The van der Waals surface area contributed by atoms with Crippen LogP contribution < -0.4 is 5.32 Å². The van der Waals surface area contributed by atoms with Crippen LogP contribution >= 0.6 is 0 Å². The predicted molar refractivity (Wildman–Crippen MR) is 113 cm³/mol. The minimum absolute atomic E-state index is 0.0903. The second-order valence-electron chi connectivity index (χ2n) is 7.48. The minimum Gasteiger partial charge on any atom is -0.338 e. The fourth-order valence-electron chi connectivity index (χ4n) is 3.68. The van der Waals surface area contributed by atoms with E-state index in [4.69, 9.17) is 4.52 Å². The molecule has 30 heavy (non-hydrogen) atoms. The number of fused-ring (bicyclic) bond motifs is 1. The topological polar surface area (TPSA) is 91.6 Å². The van der Waals surface area contributed by atoms with Gasteiger partial charge in [0.1, 0.15) is 0 Å². The van der Waals surface area contributed by atoms with Crippen molar-refractivity contribution in [1.82, 2.24) is 25.3 Å². The Bertz CT molecular complexity index is 1080. The molecule has 1 aliphatic rings. The zero-order valence-corrected chi connectivity index (χ0v) is 17.4. The number of nitrogens with one attached hydrogen (secondary N) is 1. The first-order valence-corrected chi connectivity index (χ1v) is 10.1. The molecule has 0 spiro atoms. The maximum atomic E-state index is 13.4. The first-order valence-electron chi connectivity index (χ1n) is 10.1. The Kier molecular flexibility index (Phi) is 5.39. The Labute approximate surface area is 174 Å². The van der Waals surface area contributed by atoms with E-state index in [1.807, 2.05) is 51.1 Å². The fraction of sp³-hybridized carbons (Fsp3) is 0.364. The van der Waals surface area contributed by atoms with E-state index in [0.29, 0.717) is 60.8 Å². The number of nitrogens with zero attached hydrogens (tertiary/aromatic N) is 4. The van der Waals surface area contributed by atoms with Gasteiger partial charge in [-0.1, -0.05) is 35.0 Å². The second kappa shape index (κ2) is 8.14. The van der Waals surface area contributed by atoms with Crippen LogP contribution in [0.1, 0.15) is 28.5 Å². The van der Waals surface area contributed by atoms with E-state index in [2.05, 4.69) is 15.5 Å². The maximum absolute atomic E-state index is 13.4. The molecule has 3 aromatic rings. The number of piperazine rings is 1. The molecule has 1 aliphatic heterocycles. The number of hydrogen-bond donors (Lipinski definition) is 1. The molecule has 0 atom stereocenters. The molecular weight excluding hydrogens is 382 g/mol. The first-order chi connectivity index (χ1) is 14.5. The summed E-state index contributed by atoms with van der Waals surface area (Å²) in [7, 11) is 0. The number of pyridine rings is 1. The van der Waals surface area contributed by atoms with Crippen molar-refractivity contribution in [2.45, 2.75) is 20.8 Å². The largest absolute Gasteiger partial charge is 0.338 e. The van der Waals surface area contributed by atoms with E-state index in [1.54, 1.807) is 9.80 Å². The van der Waals surface area contributed by atoms with Crippen molar-refractivity contribution < 1.29 is 14.1 Å². The third kappa shape index (κ3) is 3.72. The van der Waals surface area contributed by atoms with Gasteiger partial charge in [-0.15, -0.1) is 0 Å². The SMILES string of the molecule is CCNC(=O)N1CCN(C(=O)c2cc(-c3ccc(C)cc3)nc3onc(C)c23)CC1. The van der Waals surface area contributed by atoms with Crippen LogP contribution in [0.5, 0.6) is 0 Å². The lowest BCUT2D eigenvalue weighted by molar-refractivity contribution is 0.0667. The van der Waals surface area contributed by atoms with Gasteiger partial charge in [0.2, 0.25) is 0 Å². The van der Waals surface area contributed by atoms with Crippen molar-refractivity contribution in [3.05, 3.63) is 47.2 Å². The van der Waals surface area contributed by atoms with Gasteiger partial charge in [0.05, 0.1) is 22.3 Å². The van der Waals surface area contributed by atoms with Crippen LogP contribution in [-0.4, -0.2) is 64.6 Å². The fourth-order valence-corrected chi connectivity index (χ4v) is 3.68. The Morgan fingerprint density at radius 1 is 1.07 bits per heavy atom. The van der Waals surface area contributed by atoms with Gasteiger partial charge in [0, 0.05) is 38.3 Å². The van der Waals surface area contributed by atoms with E-state index >= 15 is 0 Å². The van der Waals surface area contributed by atoms with Crippen molar-refractivity contribution in [3.63, 3.8) is 0 Å². The first kappa shape index (κ1) is 19.9. The molecule has 0 aliphatic carbocycles. The smallest absolute Gasteiger partial charge is 0.317 e. The van der Waals surface area contributed by atoms with Crippen LogP contribution in [0.4, 0.5) is 4.79 Å². The molecule has 1 aromatic carbocycles. The van der Waals surface area contributed by atoms with Gasteiger partial charge in [0.15, 0.2) is 0 Å². The quantitative estimate of drug-likeness (QED) is 0.721. The average Bonchev–Trinajstić information content (AvgIpc) is 3.14. The lowest BCUT2D eigenvalue weighted by Gasteiger charge is -2.34. The van der Waals surface area contributed by atoms with Gasteiger partial charge >= 0.3 is 6.03 Å². The van der Waals surface area contributed by atoms with Gasteiger partial charge in [-0.25, -0.2) is 9.78 Å². The van der Waals surface area contributed by atoms with Gasteiger partial charge < -0.3 is 19.6 Å². The van der Waals surface area contributed by atoms with E-state index in [1.165, 1.54) is 0 Å². The Morgan fingerprint density at radius 2 is 1.73 bits per heavy atom. The lowest BCUT2D eigenvalue weighted by Crippen LogP contribution is -2.53. The van der Waals surface area contributed by atoms with Gasteiger partial charge in [-0.05, 0) is 26.8 Å². The molecule has 156 valence electrons.